The molecule has 0 N–H and O–H groups in total. The summed E-state index contributed by atoms with van der Waals surface area (Å²) in [6.45, 7) is 1.27. The SMILES string of the molecule is CC(F)Oc1cc2oc(=O)c3c(c2cc1Cl)CCCC3. The molecule has 0 saturated heterocycles. The second kappa shape index (κ2) is 5.09. The molecule has 0 spiro atoms. The summed E-state index contributed by atoms with van der Waals surface area (Å²) in [5, 5.41) is 1.15. The molecule has 0 amide bonds. The van der Waals surface area contributed by atoms with E-state index >= 15 is 0 Å². The highest BCUT2D eigenvalue weighted by Crippen LogP contribution is 2.34. The first-order valence-corrected chi connectivity index (χ1v) is 7.03. The Hall–Kier alpha value is -1.55. The maximum absolute atomic E-state index is 12.9. The maximum Gasteiger partial charge on any atom is 0.339 e. The van der Waals surface area contributed by atoms with E-state index in [9.17, 15) is 9.18 Å². The van der Waals surface area contributed by atoms with Crippen molar-refractivity contribution in [1.29, 1.82) is 0 Å². The van der Waals surface area contributed by atoms with Gasteiger partial charge in [-0.15, -0.1) is 0 Å². The Kier molecular flexibility index (Phi) is 3.42. The third-order valence-electron chi connectivity index (χ3n) is 3.57. The molecule has 3 rings (SSSR count). The molecule has 0 aliphatic heterocycles. The molecular formula is C15H14ClFO3. The number of ether oxygens (including phenoxy) is 1. The molecule has 0 saturated carbocycles. The van der Waals surface area contributed by atoms with Gasteiger partial charge in [-0.05, 0) is 37.3 Å². The first-order valence-electron chi connectivity index (χ1n) is 6.65. The summed E-state index contributed by atoms with van der Waals surface area (Å²) in [5.74, 6) is 0.188. The molecule has 5 heteroatoms. The van der Waals surface area contributed by atoms with Gasteiger partial charge in [-0.3, -0.25) is 0 Å². The molecule has 1 aliphatic carbocycles. The second-order valence-electron chi connectivity index (χ2n) is 4.99. The predicted molar refractivity (Wildman–Crippen MR) is 75.3 cm³/mol. The summed E-state index contributed by atoms with van der Waals surface area (Å²) < 4.78 is 23.2. The number of rotatable bonds is 2. The molecule has 0 bridgehead atoms. The molecule has 1 heterocycles. The molecule has 3 nitrogen and oxygen atoms in total. The monoisotopic (exact) mass is 296 g/mol. The minimum atomic E-state index is -1.48. The highest BCUT2D eigenvalue weighted by Gasteiger charge is 2.19. The number of hydrogen-bond donors (Lipinski definition) is 0. The van der Waals surface area contributed by atoms with Gasteiger partial charge in [0.25, 0.3) is 0 Å². The third-order valence-corrected chi connectivity index (χ3v) is 3.86. The lowest BCUT2D eigenvalue weighted by Gasteiger charge is -2.17. The van der Waals surface area contributed by atoms with Crippen molar-refractivity contribution >= 4 is 22.6 Å². The molecule has 1 aromatic carbocycles. The van der Waals surface area contributed by atoms with Crippen molar-refractivity contribution < 1.29 is 13.5 Å². The molecule has 106 valence electrons. The fourth-order valence-electron chi connectivity index (χ4n) is 2.71. The lowest BCUT2D eigenvalue weighted by atomic mass is 9.91. The van der Waals surface area contributed by atoms with Crippen molar-refractivity contribution in [2.45, 2.75) is 39.0 Å². The fourth-order valence-corrected chi connectivity index (χ4v) is 2.92. The van der Waals surface area contributed by atoms with E-state index in [1.165, 1.54) is 13.0 Å². The Balaban J connectivity index is 2.24. The van der Waals surface area contributed by atoms with Crippen molar-refractivity contribution in [3.05, 3.63) is 38.7 Å². The van der Waals surface area contributed by atoms with E-state index in [4.69, 9.17) is 20.8 Å². The zero-order valence-corrected chi connectivity index (χ0v) is 11.8. The molecular weight excluding hydrogens is 283 g/mol. The Morgan fingerprint density at radius 3 is 2.70 bits per heavy atom. The van der Waals surface area contributed by atoms with E-state index in [1.807, 2.05) is 0 Å². The topological polar surface area (TPSA) is 39.4 Å². The molecule has 0 fully saturated rings. The van der Waals surface area contributed by atoms with Gasteiger partial charge in [-0.2, -0.15) is 0 Å². The van der Waals surface area contributed by atoms with Crippen LogP contribution in [0.4, 0.5) is 4.39 Å². The summed E-state index contributed by atoms with van der Waals surface area (Å²) >= 11 is 6.12. The Bertz CT molecular complexity index is 721. The molecule has 20 heavy (non-hydrogen) atoms. The van der Waals surface area contributed by atoms with Crippen molar-refractivity contribution in [3.63, 3.8) is 0 Å². The summed E-state index contributed by atoms with van der Waals surface area (Å²) in [7, 11) is 0. The van der Waals surface area contributed by atoms with Crippen LogP contribution in [0.2, 0.25) is 5.02 Å². The van der Waals surface area contributed by atoms with Crippen LogP contribution in [-0.4, -0.2) is 6.36 Å². The van der Waals surface area contributed by atoms with Gasteiger partial charge >= 0.3 is 5.63 Å². The van der Waals surface area contributed by atoms with Crippen LogP contribution in [0.3, 0.4) is 0 Å². The van der Waals surface area contributed by atoms with Crippen LogP contribution in [0.25, 0.3) is 11.0 Å². The fraction of sp³-hybridized carbons (Fsp3) is 0.400. The normalized spacial score (nSPS) is 15.9. The number of alkyl halides is 1. The number of fused-ring (bicyclic) bond motifs is 3. The van der Waals surface area contributed by atoms with Crippen molar-refractivity contribution in [2.24, 2.45) is 0 Å². The van der Waals surface area contributed by atoms with Crippen LogP contribution in [0.1, 0.15) is 30.9 Å². The second-order valence-corrected chi connectivity index (χ2v) is 5.40. The summed E-state index contributed by atoms with van der Waals surface area (Å²) in [6, 6.07) is 3.19. The Labute approximate surface area is 120 Å². The van der Waals surface area contributed by atoms with Crippen LogP contribution in [0.15, 0.2) is 21.3 Å². The largest absolute Gasteiger partial charge is 0.459 e. The van der Waals surface area contributed by atoms with Crippen LogP contribution in [0.5, 0.6) is 5.75 Å². The van der Waals surface area contributed by atoms with E-state index in [1.54, 1.807) is 6.07 Å². The first-order chi connectivity index (χ1) is 9.56. The smallest absolute Gasteiger partial charge is 0.339 e. The van der Waals surface area contributed by atoms with E-state index in [-0.39, 0.29) is 11.4 Å². The van der Waals surface area contributed by atoms with Gasteiger partial charge < -0.3 is 9.15 Å². The van der Waals surface area contributed by atoms with Gasteiger partial charge in [-0.25, -0.2) is 9.18 Å². The zero-order valence-electron chi connectivity index (χ0n) is 11.0. The van der Waals surface area contributed by atoms with E-state index < -0.39 is 6.36 Å². The first kappa shape index (κ1) is 13.4. The number of benzene rings is 1. The molecule has 1 atom stereocenters. The minimum absolute atomic E-state index is 0.188. The van der Waals surface area contributed by atoms with Crippen molar-refractivity contribution in [2.75, 3.05) is 0 Å². The van der Waals surface area contributed by atoms with Gasteiger partial charge in [0.05, 0.1) is 5.02 Å². The highest BCUT2D eigenvalue weighted by atomic mass is 35.5. The maximum atomic E-state index is 12.9. The van der Waals surface area contributed by atoms with Crippen molar-refractivity contribution in [1.82, 2.24) is 0 Å². The van der Waals surface area contributed by atoms with Gasteiger partial charge in [0.2, 0.25) is 6.36 Å². The van der Waals surface area contributed by atoms with Gasteiger partial charge in [-0.1, -0.05) is 11.6 Å². The standard InChI is InChI=1S/C15H14ClFO3/c1-8(17)19-14-7-13-11(6-12(14)16)9-4-2-3-5-10(9)15(18)20-13/h6-8H,2-5H2,1H3. The van der Waals surface area contributed by atoms with E-state index in [0.29, 0.717) is 10.6 Å². The summed E-state index contributed by atoms with van der Waals surface area (Å²) in [5.41, 5.74) is 1.83. The third kappa shape index (κ3) is 2.29. The lowest BCUT2D eigenvalue weighted by molar-refractivity contribution is 0.0862. The molecule has 2 aromatic rings. The van der Waals surface area contributed by atoms with E-state index in [2.05, 4.69) is 0 Å². The summed E-state index contributed by atoms with van der Waals surface area (Å²) in [6.07, 6.45) is 2.15. The van der Waals surface area contributed by atoms with E-state index in [0.717, 1.165) is 42.2 Å². The summed E-state index contributed by atoms with van der Waals surface area (Å²) in [4.78, 5) is 12.0. The Morgan fingerprint density at radius 1 is 1.30 bits per heavy atom. The molecule has 1 aliphatic rings. The van der Waals surface area contributed by atoms with Crippen LogP contribution in [0, 0.1) is 0 Å². The molecule has 0 radical (unpaired) electrons. The number of aryl methyl sites for hydroxylation is 1. The minimum Gasteiger partial charge on any atom is -0.459 e. The predicted octanol–water partition coefficient (Wildman–Crippen LogP) is 4.02. The average Bonchev–Trinajstić information content (AvgIpc) is 2.41. The molecule has 1 aromatic heterocycles. The number of hydrogen-bond acceptors (Lipinski definition) is 3. The number of halogens is 2. The zero-order chi connectivity index (χ0) is 14.3. The quantitative estimate of drug-likeness (QED) is 0.786. The van der Waals surface area contributed by atoms with Gasteiger partial charge in [0.1, 0.15) is 11.3 Å². The van der Waals surface area contributed by atoms with Crippen LogP contribution >= 0.6 is 11.6 Å². The van der Waals surface area contributed by atoms with Gasteiger partial charge in [0, 0.05) is 23.9 Å². The lowest BCUT2D eigenvalue weighted by Crippen LogP contribution is -2.16. The van der Waals surface area contributed by atoms with Crippen LogP contribution < -0.4 is 10.4 Å². The van der Waals surface area contributed by atoms with Gasteiger partial charge in [0.15, 0.2) is 0 Å². The highest BCUT2D eigenvalue weighted by molar-refractivity contribution is 6.32. The van der Waals surface area contributed by atoms with Crippen molar-refractivity contribution in [3.8, 4) is 5.75 Å². The van der Waals surface area contributed by atoms with Crippen LogP contribution in [-0.2, 0) is 12.8 Å². The Morgan fingerprint density at radius 2 is 2.00 bits per heavy atom. The average molecular weight is 297 g/mol. The molecule has 1 unspecified atom stereocenters.